The predicted octanol–water partition coefficient (Wildman–Crippen LogP) is 0.810. The molecule has 2 amide bonds. The van der Waals surface area contributed by atoms with Gasteiger partial charge in [0.1, 0.15) is 13.2 Å². The molecule has 2 heterocycles. The first-order chi connectivity index (χ1) is 14.1. The standard InChI is InChI=1S/C20H20N4O5/c1-2-23-13-7-3-4-8-14(13)24(20(23)27)11-18(25)21-22-19(26)17-12-28-15-9-5-6-10-16(15)29-17/h3-10,17H,2,11-12H2,1H3,(H,21,25)(H,22,26). The molecule has 9 nitrogen and oxygen atoms in total. The highest BCUT2D eigenvalue weighted by Gasteiger charge is 2.27. The number of hydrogen-bond donors (Lipinski definition) is 2. The SMILES string of the molecule is CCn1c(=O)n(CC(=O)NNC(=O)C2COc3ccccc3O2)c2ccccc21. The normalized spacial score (nSPS) is 15.1. The average molecular weight is 396 g/mol. The summed E-state index contributed by atoms with van der Waals surface area (Å²) in [6.07, 6.45) is -0.894. The Morgan fingerprint density at radius 1 is 1.00 bits per heavy atom. The Kier molecular flexibility index (Phi) is 4.94. The maximum absolute atomic E-state index is 12.6. The summed E-state index contributed by atoms with van der Waals surface area (Å²) < 4.78 is 14.0. The number of benzene rings is 2. The van der Waals surface area contributed by atoms with Crippen molar-refractivity contribution in [2.75, 3.05) is 6.61 Å². The fraction of sp³-hybridized carbons (Fsp3) is 0.250. The van der Waals surface area contributed by atoms with E-state index in [1.165, 1.54) is 4.57 Å². The number of aromatic nitrogens is 2. The first-order valence-corrected chi connectivity index (χ1v) is 9.23. The van der Waals surface area contributed by atoms with Crippen molar-refractivity contribution in [1.82, 2.24) is 20.0 Å². The molecule has 9 heteroatoms. The van der Waals surface area contributed by atoms with Gasteiger partial charge in [-0.2, -0.15) is 0 Å². The van der Waals surface area contributed by atoms with Crippen LogP contribution in [0.3, 0.4) is 0 Å². The lowest BCUT2D eigenvalue weighted by Gasteiger charge is -2.25. The maximum Gasteiger partial charge on any atom is 0.329 e. The molecule has 0 fully saturated rings. The molecular formula is C20H20N4O5. The van der Waals surface area contributed by atoms with Gasteiger partial charge < -0.3 is 9.47 Å². The van der Waals surface area contributed by atoms with Crippen LogP contribution in [0.1, 0.15) is 6.92 Å². The topological polar surface area (TPSA) is 104 Å². The molecule has 0 saturated carbocycles. The van der Waals surface area contributed by atoms with Crippen LogP contribution in [-0.2, 0) is 22.7 Å². The first-order valence-electron chi connectivity index (χ1n) is 9.23. The second-order valence-electron chi connectivity index (χ2n) is 6.50. The fourth-order valence-corrected chi connectivity index (χ4v) is 3.27. The minimum Gasteiger partial charge on any atom is -0.485 e. The summed E-state index contributed by atoms with van der Waals surface area (Å²) in [5.41, 5.74) is 5.78. The fourth-order valence-electron chi connectivity index (χ4n) is 3.27. The van der Waals surface area contributed by atoms with Gasteiger partial charge in [0, 0.05) is 6.54 Å². The number of imidazole rings is 1. The number of aryl methyl sites for hydroxylation is 1. The van der Waals surface area contributed by atoms with E-state index >= 15 is 0 Å². The van der Waals surface area contributed by atoms with Gasteiger partial charge in [-0.25, -0.2) is 4.79 Å². The number of nitrogens with zero attached hydrogens (tertiary/aromatic N) is 2. The molecule has 1 unspecified atom stereocenters. The van der Waals surface area contributed by atoms with Gasteiger partial charge in [0.25, 0.3) is 11.8 Å². The quantitative estimate of drug-likeness (QED) is 0.636. The van der Waals surface area contributed by atoms with Gasteiger partial charge in [-0.15, -0.1) is 0 Å². The first kappa shape index (κ1) is 18.6. The summed E-state index contributed by atoms with van der Waals surface area (Å²) in [6.45, 7) is 2.16. The number of amides is 2. The number of rotatable bonds is 4. The van der Waals surface area contributed by atoms with Crippen molar-refractivity contribution in [3.8, 4) is 11.5 Å². The van der Waals surface area contributed by atoms with Gasteiger partial charge in [-0.05, 0) is 31.2 Å². The Morgan fingerprint density at radius 2 is 1.66 bits per heavy atom. The molecule has 1 aliphatic rings. The molecule has 3 aromatic rings. The van der Waals surface area contributed by atoms with Gasteiger partial charge in [0.2, 0.25) is 6.10 Å². The van der Waals surface area contributed by atoms with E-state index in [2.05, 4.69) is 10.9 Å². The van der Waals surface area contributed by atoms with Crippen LogP contribution in [0.4, 0.5) is 0 Å². The van der Waals surface area contributed by atoms with Crippen molar-refractivity contribution >= 4 is 22.8 Å². The zero-order chi connectivity index (χ0) is 20.4. The molecule has 4 rings (SSSR count). The molecule has 0 spiro atoms. The van der Waals surface area contributed by atoms with Crippen molar-refractivity contribution in [1.29, 1.82) is 0 Å². The summed E-state index contributed by atoms with van der Waals surface area (Å²) in [5.74, 6) is -0.0517. The Bertz CT molecular complexity index is 1130. The number of carbonyl (C=O) groups excluding carboxylic acids is 2. The highest BCUT2D eigenvalue weighted by molar-refractivity contribution is 5.86. The van der Waals surface area contributed by atoms with Crippen molar-refractivity contribution < 1.29 is 19.1 Å². The number of hydrazine groups is 1. The van der Waals surface area contributed by atoms with Crippen molar-refractivity contribution in [2.45, 2.75) is 26.1 Å². The third-order valence-electron chi connectivity index (χ3n) is 4.67. The average Bonchev–Trinajstić information content (AvgIpc) is 3.02. The molecule has 0 radical (unpaired) electrons. The summed E-state index contributed by atoms with van der Waals surface area (Å²) in [4.78, 5) is 37.2. The van der Waals surface area contributed by atoms with Gasteiger partial charge >= 0.3 is 5.69 Å². The molecule has 0 saturated heterocycles. The van der Waals surface area contributed by atoms with E-state index in [4.69, 9.17) is 9.47 Å². The zero-order valence-electron chi connectivity index (χ0n) is 15.8. The molecule has 1 aliphatic heterocycles. The van der Waals surface area contributed by atoms with E-state index in [1.807, 2.05) is 19.1 Å². The largest absolute Gasteiger partial charge is 0.485 e. The summed E-state index contributed by atoms with van der Waals surface area (Å²) >= 11 is 0. The molecular weight excluding hydrogens is 376 g/mol. The second-order valence-corrected chi connectivity index (χ2v) is 6.50. The van der Waals surface area contributed by atoms with Crippen LogP contribution in [-0.4, -0.2) is 33.7 Å². The lowest BCUT2D eigenvalue weighted by atomic mass is 10.2. The van der Waals surface area contributed by atoms with Gasteiger partial charge in [0.05, 0.1) is 11.0 Å². The molecule has 1 atom stereocenters. The van der Waals surface area contributed by atoms with Gasteiger partial charge in [-0.1, -0.05) is 24.3 Å². The number of fused-ring (bicyclic) bond motifs is 2. The van der Waals surface area contributed by atoms with E-state index < -0.39 is 17.9 Å². The monoisotopic (exact) mass is 396 g/mol. The highest BCUT2D eigenvalue weighted by atomic mass is 16.6. The van der Waals surface area contributed by atoms with Crippen LogP contribution in [0.15, 0.2) is 53.3 Å². The third-order valence-corrected chi connectivity index (χ3v) is 4.67. The van der Waals surface area contributed by atoms with Crippen LogP contribution in [0.5, 0.6) is 11.5 Å². The summed E-state index contributed by atoms with van der Waals surface area (Å²) in [5, 5.41) is 0. The van der Waals surface area contributed by atoms with Crippen LogP contribution in [0, 0.1) is 0 Å². The van der Waals surface area contributed by atoms with E-state index in [1.54, 1.807) is 41.0 Å². The number of para-hydroxylation sites is 4. The molecule has 0 bridgehead atoms. The second kappa shape index (κ2) is 7.70. The number of hydrogen-bond acceptors (Lipinski definition) is 5. The third kappa shape index (κ3) is 3.54. The molecule has 29 heavy (non-hydrogen) atoms. The highest BCUT2D eigenvalue weighted by Crippen LogP contribution is 2.30. The minimum absolute atomic E-state index is 0.0299. The van der Waals surface area contributed by atoms with Crippen LogP contribution >= 0.6 is 0 Å². The lowest BCUT2D eigenvalue weighted by molar-refractivity contribution is -0.135. The van der Waals surface area contributed by atoms with Crippen LogP contribution < -0.4 is 26.0 Å². The molecule has 0 aliphatic carbocycles. The summed E-state index contributed by atoms with van der Waals surface area (Å²) in [7, 11) is 0. The van der Waals surface area contributed by atoms with E-state index in [-0.39, 0.29) is 18.8 Å². The number of ether oxygens (including phenoxy) is 2. The summed E-state index contributed by atoms with van der Waals surface area (Å²) in [6, 6.07) is 14.3. The minimum atomic E-state index is -0.894. The smallest absolute Gasteiger partial charge is 0.329 e. The van der Waals surface area contributed by atoms with Gasteiger partial charge in [0.15, 0.2) is 11.5 Å². The molecule has 1 aromatic heterocycles. The molecule has 150 valence electrons. The zero-order valence-corrected chi connectivity index (χ0v) is 15.8. The Morgan fingerprint density at radius 3 is 2.38 bits per heavy atom. The van der Waals surface area contributed by atoms with Crippen LogP contribution in [0.25, 0.3) is 11.0 Å². The van der Waals surface area contributed by atoms with Gasteiger partial charge in [-0.3, -0.25) is 29.6 Å². The lowest BCUT2D eigenvalue weighted by Crippen LogP contribution is -2.51. The van der Waals surface area contributed by atoms with E-state index in [0.717, 1.165) is 5.52 Å². The van der Waals surface area contributed by atoms with Crippen molar-refractivity contribution in [3.63, 3.8) is 0 Å². The Balaban J connectivity index is 1.40. The van der Waals surface area contributed by atoms with Crippen LogP contribution in [0.2, 0.25) is 0 Å². The molecule has 2 aromatic carbocycles. The Labute approximate surface area is 165 Å². The van der Waals surface area contributed by atoms with E-state index in [9.17, 15) is 14.4 Å². The molecule has 2 N–H and O–H groups in total. The predicted molar refractivity (Wildman–Crippen MR) is 105 cm³/mol. The van der Waals surface area contributed by atoms with E-state index in [0.29, 0.717) is 23.6 Å². The Hall–Kier alpha value is -3.75. The number of nitrogens with one attached hydrogen (secondary N) is 2. The maximum atomic E-state index is 12.6. The van der Waals surface area contributed by atoms with Crippen molar-refractivity contribution in [3.05, 3.63) is 59.0 Å². The van der Waals surface area contributed by atoms with Crippen molar-refractivity contribution in [2.24, 2.45) is 0 Å². The number of carbonyl (C=O) groups is 2.